The second kappa shape index (κ2) is 5.34. The maximum absolute atomic E-state index is 13.6. The van der Waals surface area contributed by atoms with E-state index in [4.69, 9.17) is 5.26 Å². The van der Waals surface area contributed by atoms with Gasteiger partial charge in [-0.1, -0.05) is 6.07 Å². The molecule has 0 saturated heterocycles. The van der Waals surface area contributed by atoms with Crippen LogP contribution in [-0.4, -0.2) is 17.0 Å². The van der Waals surface area contributed by atoms with E-state index in [0.717, 1.165) is 10.2 Å². The molecule has 3 aromatic rings. The Morgan fingerprint density at radius 3 is 2.90 bits per heavy atom. The number of aromatic nitrogens is 2. The topological polar surface area (TPSA) is 73.6 Å². The fourth-order valence-electron chi connectivity index (χ4n) is 1.93. The van der Waals surface area contributed by atoms with Crippen molar-refractivity contribution in [2.24, 2.45) is 0 Å². The van der Waals surface area contributed by atoms with Crippen molar-refractivity contribution in [3.05, 3.63) is 41.0 Å². The van der Waals surface area contributed by atoms with Gasteiger partial charge in [-0.15, -0.1) is 11.3 Å². The van der Waals surface area contributed by atoms with E-state index >= 15 is 0 Å². The summed E-state index contributed by atoms with van der Waals surface area (Å²) in [6, 6.07) is 8.18. The third-order valence-corrected chi connectivity index (χ3v) is 3.73. The van der Waals surface area contributed by atoms with Crippen LogP contribution in [0, 0.1) is 17.1 Å². The summed E-state index contributed by atoms with van der Waals surface area (Å²) >= 11 is 1.48. The van der Waals surface area contributed by atoms with E-state index in [0.29, 0.717) is 17.5 Å². The molecule has 0 spiro atoms. The van der Waals surface area contributed by atoms with Gasteiger partial charge in [-0.3, -0.25) is 0 Å². The standard InChI is InChI=1S/C14H10FN5S/c1-17-14-19-12(8-5-6-21-13(8)20-14)18-11-4-2-3-10(15)9(11)7-16/h2-6H,1H3,(H2,17,18,19,20). The highest BCUT2D eigenvalue weighted by atomic mass is 32.1. The van der Waals surface area contributed by atoms with Crippen molar-refractivity contribution in [3.63, 3.8) is 0 Å². The summed E-state index contributed by atoms with van der Waals surface area (Å²) in [5.74, 6) is 0.432. The molecule has 0 fully saturated rings. The molecule has 5 nitrogen and oxygen atoms in total. The predicted molar refractivity (Wildman–Crippen MR) is 81.4 cm³/mol. The molecule has 0 saturated carbocycles. The molecule has 0 aliphatic rings. The largest absolute Gasteiger partial charge is 0.357 e. The van der Waals surface area contributed by atoms with Gasteiger partial charge in [0.05, 0.1) is 11.1 Å². The molecule has 1 aromatic carbocycles. The molecule has 0 radical (unpaired) electrons. The van der Waals surface area contributed by atoms with Crippen LogP contribution in [-0.2, 0) is 0 Å². The number of rotatable bonds is 3. The van der Waals surface area contributed by atoms with Gasteiger partial charge in [-0.2, -0.15) is 10.2 Å². The van der Waals surface area contributed by atoms with Gasteiger partial charge in [-0.05, 0) is 23.6 Å². The summed E-state index contributed by atoms with van der Waals surface area (Å²) in [4.78, 5) is 9.48. The predicted octanol–water partition coefficient (Wildman–Crippen LogP) is 3.49. The molecule has 0 atom stereocenters. The minimum Gasteiger partial charge on any atom is -0.357 e. The number of fused-ring (bicyclic) bond motifs is 1. The molecule has 2 N–H and O–H groups in total. The lowest BCUT2D eigenvalue weighted by atomic mass is 10.2. The average molecular weight is 299 g/mol. The van der Waals surface area contributed by atoms with E-state index in [1.807, 2.05) is 17.5 Å². The first-order valence-electron chi connectivity index (χ1n) is 6.11. The van der Waals surface area contributed by atoms with Gasteiger partial charge in [0.15, 0.2) is 0 Å². The molecule has 2 aromatic heterocycles. The van der Waals surface area contributed by atoms with E-state index in [2.05, 4.69) is 20.6 Å². The Balaban J connectivity index is 2.12. The molecule has 0 bridgehead atoms. The Kier molecular flexibility index (Phi) is 3.38. The lowest BCUT2D eigenvalue weighted by Gasteiger charge is -2.10. The van der Waals surface area contributed by atoms with Gasteiger partial charge in [-0.25, -0.2) is 9.37 Å². The number of nitrogens with one attached hydrogen (secondary N) is 2. The van der Waals surface area contributed by atoms with Crippen LogP contribution in [0.1, 0.15) is 5.56 Å². The maximum Gasteiger partial charge on any atom is 0.225 e. The monoisotopic (exact) mass is 299 g/mol. The fourth-order valence-corrected chi connectivity index (χ4v) is 2.70. The lowest BCUT2D eigenvalue weighted by Crippen LogP contribution is -2.02. The van der Waals surface area contributed by atoms with Crippen LogP contribution in [0.25, 0.3) is 10.2 Å². The number of hydrogen-bond acceptors (Lipinski definition) is 6. The molecule has 104 valence electrons. The second-order valence-corrected chi connectivity index (χ2v) is 5.08. The Hall–Kier alpha value is -2.72. The van der Waals surface area contributed by atoms with Crippen molar-refractivity contribution >= 4 is 39.0 Å². The van der Waals surface area contributed by atoms with Crippen LogP contribution in [0.15, 0.2) is 29.6 Å². The third-order valence-electron chi connectivity index (χ3n) is 2.93. The van der Waals surface area contributed by atoms with Crippen LogP contribution in [0.3, 0.4) is 0 Å². The second-order valence-electron chi connectivity index (χ2n) is 4.18. The van der Waals surface area contributed by atoms with Crippen LogP contribution < -0.4 is 10.6 Å². The number of thiophene rings is 1. The number of benzene rings is 1. The smallest absolute Gasteiger partial charge is 0.225 e. The van der Waals surface area contributed by atoms with Gasteiger partial charge in [0.1, 0.15) is 28.1 Å². The summed E-state index contributed by atoms with van der Waals surface area (Å²) in [5, 5.41) is 17.7. The van der Waals surface area contributed by atoms with E-state index in [9.17, 15) is 4.39 Å². The highest BCUT2D eigenvalue weighted by Crippen LogP contribution is 2.30. The zero-order chi connectivity index (χ0) is 14.8. The maximum atomic E-state index is 13.6. The van der Waals surface area contributed by atoms with Crippen LogP contribution >= 0.6 is 11.3 Å². The van der Waals surface area contributed by atoms with Crippen LogP contribution in [0.4, 0.5) is 21.8 Å². The van der Waals surface area contributed by atoms with Crippen molar-refractivity contribution in [1.29, 1.82) is 5.26 Å². The van der Waals surface area contributed by atoms with Crippen LogP contribution in [0.5, 0.6) is 0 Å². The lowest BCUT2D eigenvalue weighted by molar-refractivity contribution is 0.624. The van der Waals surface area contributed by atoms with Crippen LogP contribution in [0.2, 0.25) is 0 Å². The zero-order valence-electron chi connectivity index (χ0n) is 11.0. The molecule has 0 unspecified atom stereocenters. The van der Waals surface area contributed by atoms with Crippen molar-refractivity contribution in [1.82, 2.24) is 9.97 Å². The zero-order valence-corrected chi connectivity index (χ0v) is 11.8. The summed E-state index contributed by atoms with van der Waals surface area (Å²) in [6.07, 6.45) is 0. The van der Waals surface area contributed by atoms with Gasteiger partial charge >= 0.3 is 0 Å². The van der Waals surface area contributed by atoms with E-state index in [-0.39, 0.29) is 5.56 Å². The first-order valence-corrected chi connectivity index (χ1v) is 6.99. The van der Waals surface area contributed by atoms with Gasteiger partial charge in [0.2, 0.25) is 5.95 Å². The summed E-state index contributed by atoms with van der Waals surface area (Å²) in [5.41, 5.74) is 0.344. The fraction of sp³-hybridized carbons (Fsp3) is 0.0714. The number of anilines is 3. The van der Waals surface area contributed by atoms with Gasteiger partial charge in [0, 0.05) is 7.05 Å². The Morgan fingerprint density at radius 2 is 2.14 bits per heavy atom. The average Bonchev–Trinajstić information content (AvgIpc) is 2.96. The highest BCUT2D eigenvalue weighted by Gasteiger charge is 2.12. The first kappa shape index (κ1) is 13.3. The van der Waals surface area contributed by atoms with E-state index in [1.165, 1.54) is 17.4 Å². The number of hydrogen-bond donors (Lipinski definition) is 2. The van der Waals surface area contributed by atoms with Crippen molar-refractivity contribution in [2.75, 3.05) is 17.7 Å². The first-order chi connectivity index (χ1) is 10.2. The Labute approximate surface area is 124 Å². The Morgan fingerprint density at radius 1 is 1.29 bits per heavy atom. The Bertz CT molecular complexity index is 852. The molecule has 3 rings (SSSR count). The van der Waals surface area contributed by atoms with Crippen molar-refractivity contribution < 1.29 is 4.39 Å². The molecule has 21 heavy (non-hydrogen) atoms. The number of nitriles is 1. The van der Waals surface area contributed by atoms with Crippen molar-refractivity contribution in [3.8, 4) is 6.07 Å². The molecular weight excluding hydrogens is 289 g/mol. The summed E-state index contributed by atoms with van der Waals surface area (Å²) < 4.78 is 13.6. The van der Waals surface area contributed by atoms with E-state index < -0.39 is 5.82 Å². The summed E-state index contributed by atoms with van der Waals surface area (Å²) in [6.45, 7) is 0. The summed E-state index contributed by atoms with van der Waals surface area (Å²) in [7, 11) is 1.72. The molecule has 2 heterocycles. The quantitative estimate of drug-likeness (QED) is 0.774. The minimum absolute atomic E-state index is 0.0366. The van der Waals surface area contributed by atoms with E-state index in [1.54, 1.807) is 19.2 Å². The van der Waals surface area contributed by atoms with Crippen molar-refractivity contribution in [2.45, 2.75) is 0 Å². The van der Waals surface area contributed by atoms with Gasteiger partial charge in [0.25, 0.3) is 0 Å². The molecule has 0 aliphatic carbocycles. The molecule has 0 aliphatic heterocycles. The minimum atomic E-state index is -0.563. The third kappa shape index (κ3) is 2.37. The SMILES string of the molecule is CNc1nc(Nc2cccc(F)c2C#N)c2ccsc2n1. The number of nitrogens with zero attached hydrogens (tertiary/aromatic N) is 3. The molecular formula is C14H10FN5S. The molecule has 7 heteroatoms. The van der Waals surface area contributed by atoms with Gasteiger partial charge < -0.3 is 10.6 Å². The normalized spacial score (nSPS) is 10.3. The number of halogens is 1. The highest BCUT2D eigenvalue weighted by molar-refractivity contribution is 7.16. The molecule has 0 amide bonds.